The van der Waals surface area contributed by atoms with Crippen LogP contribution in [0.3, 0.4) is 0 Å². The van der Waals surface area contributed by atoms with Crippen molar-refractivity contribution < 1.29 is 0 Å². The first-order chi connectivity index (χ1) is 5.43. The number of piperidine rings is 1. The van der Waals surface area contributed by atoms with Crippen LogP contribution in [-0.4, -0.2) is 30.4 Å². The summed E-state index contributed by atoms with van der Waals surface area (Å²) in [6, 6.07) is 0. The fraction of sp³-hybridized carbons (Fsp3) is 1.00. The number of hydrogen-bond donors (Lipinski definition) is 0. The summed E-state index contributed by atoms with van der Waals surface area (Å²) in [6.07, 6.45) is 4.16. The molecule has 0 bridgehead atoms. The van der Waals surface area contributed by atoms with E-state index in [-0.39, 0.29) is 0 Å². The minimum atomic E-state index is 0.792. The lowest BCUT2D eigenvalue weighted by molar-refractivity contribution is 0.241. The molecule has 0 N–H and O–H groups in total. The van der Waals surface area contributed by atoms with E-state index in [1.807, 2.05) is 13.8 Å². The quantitative estimate of drug-likeness (QED) is 0.587. The third kappa shape index (κ3) is 5.51. The monoisotopic (exact) mass is 177 g/mol. The van der Waals surface area contributed by atoms with Gasteiger partial charge in [0.2, 0.25) is 0 Å². The molecule has 1 aliphatic rings. The first-order valence-electron chi connectivity index (χ1n) is 4.72. The molecule has 1 nitrogen and oxygen atoms in total. The van der Waals surface area contributed by atoms with E-state index in [9.17, 15) is 0 Å². The van der Waals surface area contributed by atoms with Crippen LogP contribution in [0.2, 0.25) is 0 Å². The molecule has 1 heterocycles. The lowest BCUT2D eigenvalue weighted by Gasteiger charge is -2.25. The van der Waals surface area contributed by atoms with Gasteiger partial charge in [0, 0.05) is 12.4 Å². The van der Waals surface area contributed by atoms with Crippen LogP contribution in [0, 0.1) is 0 Å². The molecule has 11 heavy (non-hydrogen) atoms. The lowest BCUT2D eigenvalue weighted by atomic mass is 10.1. The van der Waals surface area contributed by atoms with Crippen molar-refractivity contribution >= 4 is 11.6 Å². The van der Waals surface area contributed by atoms with Gasteiger partial charge in [-0.3, -0.25) is 0 Å². The van der Waals surface area contributed by atoms with Gasteiger partial charge >= 0.3 is 0 Å². The Hall–Kier alpha value is 0.250. The highest BCUT2D eigenvalue weighted by Crippen LogP contribution is 2.07. The Kier molecular flexibility index (Phi) is 8.54. The Bertz CT molecular complexity index is 67.2. The third-order valence-electron chi connectivity index (χ3n) is 1.85. The molecule has 0 aromatic rings. The molecule has 0 radical (unpaired) electrons. The van der Waals surface area contributed by atoms with E-state index in [1.54, 1.807) is 0 Å². The number of nitrogens with zero attached hydrogens (tertiary/aromatic N) is 1. The molecule has 0 aromatic heterocycles. The zero-order chi connectivity index (χ0) is 8.53. The van der Waals surface area contributed by atoms with Gasteiger partial charge in [-0.05, 0) is 25.9 Å². The Morgan fingerprint density at radius 1 is 1.09 bits per heavy atom. The van der Waals surface area contributed by atoms with Crippen molar-refractivity contribution in [3.8, 4) is 0 Å². The number of hydrogen-bond acceptors (Lipinski definition) is 1. The van der Waals surface area contributed by atoms with E-state index in [4.69, 9.17) is 11.6 Å². The first-order valence-corrected chi connectivity index (χ1v) is 5.25. The highest BCUT2D eigenvalue weighted by atomic mass is 35.5. The molecule has 0 spiro atoms. The molecular weight excluding hydrogens is 158 g/mol. The van der Waals surface area contributed by atoms with Crippen LogP contribution in [0.1, 0.15) is 33.1 Å². The number of likely N-dealkylation sites (tertiary alicyclic amines) is 1. The maximum absolute atomic E-state index is 5.59. The fourth-order valence-electron chi connectivity index (χ4n) is 1.30. The van der Waals surface area contributed by atoms with E-state index in [0.29, 0.717) is 0 Å². The van der Waals surface area contributed by atoms with Crippen LogP contribution in [0.25, 0.3) is 0 Å². The summed E-state index contributed by atoms with van der Waals surface area (Å²) in [5, 5.41) is 0. The summed E-state index contributed by atoms with van der Waals surface area (Å²) in [5.41, 5.74) is 0. The SMILES string of the molecule is CC.ClCCN1CCCCC1. The maximum Gasteiger partial charge on any atom is 0.0351 e. The minimum absolute atomic E-state index is 0.792. The second-order valence-electron chi connectivity index (χ2n) is 2.59. The van der Waals surface area contributed by atoms with Crippen molar-refractivity contribution in [3.63, 3.8) is 0 Å². The van der Waals surface area contributed by atoms with Gasteiger partial charge in [-0.2, -0.15) is 0 Å². The second kappa shape index (κ2) is 8.35. The highest BCUT2D eigenvalue weighted by molar-refractivity contribution is 6.18. The largest absolute Gasteiger partial charge is 0.302 e. The molecule has 2 heteroatoms. The minimum Gasteiger partial charge on any atom is -0.302 e. The van der Waals surface area contributed by atoms with E-state index in [1.165, 1.54) is 32.4 Å². The third-order valence-corrected chi connectivity index (χ3v) is 2.02. The number of halogens is 1. The van der Waals surface area contributed by atoms with Crippen LogP contribution in [0.15, 0.2) is 0 Å². The highest BCUT2D eigenvalue weighted by Gasteiger charge is 2.07. The summed E-state index contributed by atoms with van der Waals surface area (Å²) in [4.78, 5) is 2.44. The average Bonchev–Trinajstić information content (AvgIpc) is 2.11. The summed E-state index contributed by atoms with van der Waals surface area (Å²) in [7, 11) is 0. The van der Waals surface area contributed by atoms with Crippen LogP contribution >= 0.6 is 11.6 Å². The van der Waals surface area contributed by atoms with Crippen LogP contribution in [-0.2, 0) is 0 Å². The van der Waals surface area contributed by atoms with Gasteiger partial charge < -0.3 is 4.90 Å². The normalized spacial score (nSPS) is 18.8. The molecule has 0 unspecified atom stereocenters. The Labute approximate surface area is 75.7 Å². The van der Waals surface area contributed by atoms with E-state index < -0.39 is 0 Å². The molecule has 1 aliphatic heterocycles. The molecule has 0 aliphatic carbocycles. The second-order valence-corrected chi connectivity index (χ2v) is 2.97. The summed E-state index contributed by atoms with van der Waals surface area (Å²) < 4.78 is 0. The lowest BCUT2D eigenvalue weighted by Crippen LogP contribution is -2.31. The molecule has 68 valence electrons. The van der Waals surface area contributed by atoms with Crippen molar-refractivity contribution in [1.82, 2.24) is 4.90 Å². The molecule has 0 atom stereocenters. The zero-order valence-electron chi connectivity index (χ0n) is 7.77. The molecule has 0 aromatic carbocycles. The Balaban J connectivity index is 0.000000461. The maximum atomic E-state index is 5.59. The van der Waals surface area contributed by atoms with Gasteiger partial charge in [0.15, 0.2) is 0 Å². The van der Waals surface area contributed by atoms with Gasteiger partial charge in [0.1, 0.15) is 0 Å². The Morgan fingerprint density at radius 2 is 1.64 bits per heavy atom. The topological polar surface area (TPSA) is 3.24 Å². The van der Waals surface area contributed by atoms with Gasteiger partial charge in [-0.25, -0.2) is 0 Å². The van der Waals surface area contributed by atoms with Crippen LogP contribution in [0.4, 0.5) is 0 Å². The average molecular weight is 178 g/mol. The van der Waals surface area contributed by atoms with Crippen molar-refractivity contribution in [1.29, 1.82) is 0 Å². The first kappa shape index (κ1) is 11.2. The molecule has 1 saturated heterocycles. The molecular formula is C9H20ClN. The molecule has 1 fully saturated rings. The van der Waals surface area contributed by atoms with Gasteiger partial charge in [-0.15, -0.1) is 11.6 Å². The predicted octanol–water partition coefficient (Wildman–Crippen LogP) is 2.74. The fourth-order valence-corrected chi connectivity index (χ4v) is 1.54. The van der Waals surface area contributed by atoms with Gasteiger partial charge in [0.25, 0.3) is 0 Å². The van der Waals surface area contributed by atoms with Crippen molar-refractivity contribution in [2.75, 3.05) is 25.5 Å². The van der Waals surface area contributed by atoms with Gasteiger partial charge in [-0.1, -0.05) is 20.3 Å². The van der Waals surface area contributed by atoms with Crippen LogP contribution < -0.4 is 0 Å². The van der Waals surface area contributed by atoms with E-state index in [0.717, 1.165) is 12.4 Å². The van der Waals surface area contributed by atoms with Crippen LogP contribution in [0.5, 0.6) is 0 Å². The summed E-state index contributed by atoms with van der Waals surface area (Å²) >= 11 is 5.59. The summed E-state index contributed by atoms with van der Waals surface area (Å²) in [5.74, 6) is 0.792. The van der Waals surface area contributed by atoms with Crippen molar-refractivity contribution in [2.24, 2.45) is 0 Å². The molecule has 0 amide bonds. The summed E-state index contributed by atoms with van der Waals surface area (Å²) in [6.45, 7) is 7.63. The predicted molar refractivity (Wildman–Crippen MR) is 52.4 cm³/mol. The smallest absolute Gasteiger partial charge is 0.0351 e. The van der Waals surface area contributed by atoms with Crippen molar-refractivity contribution in [2.45, 2.75) is 33.1 Å². The number of rotatable bonds is 2. The van der Waals surface area contributed by atoms with Crippen molar-refractivity contribution in [3.05, 3.63) is 0 Å². The Morgan fingerprint density at radius 3 is 2.09 bits per heavy atom. The zero-order valence-corrected chi connectivity index (χ0v) is 8.53. The standard InChI is InChI=1S/C7H14ClN.C2H6/c8-4-7-9-5-2-1-3-6-9;1-2/h1-7H2;1-2H3. The van der Waals surface area contributed by atoms with Gasteiger partial charge in [0.05, 0.1) is 0 Å². The van der Waals surface area contributed by atoms with E-state index >= 15 is 0 Å². The number of alkyl halides is 1. The molecule has 1 rings (SSSR count). The molecule has 0 saturated carbocycles. The van der Waals surface area contributed by atoms with E-state index in [2.05, 4.69) is 4.90 Å².